The molecule has 3 aromatic rings. The maximum Gasteiger partial charge on any atom is 0.410 e. The second-order valence-corrected chi connectivity index (χ2v) is 4.96. The minimum atomic E-state index is -0.866. The van der Waals surface area contributed by atoms with E-state index in [0.29, 0.717) is 30.2 Å². The molecule has 0 aliphatic carbocycles. The number of para-hydroxylation sites is 1. The number of nitrogens with one attached hydrogen (secondary N) is 2. The number of carbonyl (C=O) groups excluding carboxylic acids is 1. The molecule has 0 bridgehead atoms. The number of anilines is 1. The standard InChI is InChI=1S/C16H17N5O2/c17-7-8-19-11-4-1-3-10(9-11)15-20-12-5-2-6-13(14(12)21-15)23-16(18)22/h1-6,9,19H,7-8,17H2,(H2,18,22)(H,20,21). The first-order chi connectivity index (χ1) is 11.2. The molecule has 2 aromatic carbocycles. The molecule has 3 rings (SSSR count). The molecule has 0 saturated carbocycles. The van der Waals surface area contributed by atoms with E-state index >= 15 is 0 Å². The SMILES string of the molecule is NCCNc1cccc(-c2nc3c(OC(N)=O)cccc3[nH]2)c1. The van der Waals surface area contributed by atoms with E-state index in [9.17, 15) is 4.79 Å². The van der Waals surface area contributed by atoms with Crippen LogP contribution in [0, 0.1) is 0 Å². The average molecular weight is 311 g/mol. The number of aromatic amines is 1. The van der Waals surface area contributed by atoms with Crippen molar-refractivity contribution in [3.8, 4) is 17.1 Å². The van der Waals surface area contributed by atoms with Crippen molar-refractivity contribution in [2.24, 2.45) is 11.5 Å². The molecule has 6 N–H and O–H groups in total. The third-order valence-electron chi connectivity index (χ3n) is 3.30. The number of primary amides is 1. The molecular weight excluding hydrogens is 294 g/mol. The molecule has 118 valence electrons. The molecule has 0 radical (unpaired) electrons. The lowest BCUT2D eigenvalue weighted by atomic mass is 10.2. The molecule has 1 amide bonds. The number of aromatic nitrogens is 2. The summed E-state index contributed by atoms with van der Waals surface area (Å²) in [5.74, 6) is 1.01. The zero-order valence-electron chi connectivity index (χ0n) is 12.4. The first-order valence-corrected chi connectivity index (χ1v) is 7.18. The summed E-state index contributed by atoms with van der Waals surface area (Å²) >= 11 is 0. The van der Waals surface area contributed by atoms with Crippen molar-refractivity contribution >= 4 is 22.8 Å². The molecule has 7 heteroatoms. The smallest absolute Gasteiger partial charge is 0.408 e. The van der Waals surface area contributed by atoms with Gasteiger partial charge in [0.1, 0.15) is 11.3 Å². The van der Waals surface area contributed by atoms with Gasteiger partial charge >= 0.3 is 6.09 Å². The van der Waals surface area contributed by atoms with Crippen LogP contribution >= 0.6 is 0 Å². The van der Waals surface area contributed by atoms with Crippen molar-refractivity contribution in [1.29, 1.82) is 0 Å². The number of H-pyrrole nitrogens is 1. The van der Waals surface area contributed by atoms with E-state index in [1.165, 1.54) is 0 Å². The molecule has 0 aliphatic heterocycles. The summed E-state index contributed by atoms with van der Waals surface area (Å²) in [6.07, 6.45) is -0.866. The van der Waals surface area contributed by atoms with Crippen molar-refractivity contribution < 1.29 is 9.53 Å². The minimum Gasteiger partial charge on any atom is -0.408 e. The van der Waals surface area contributed by atoms with E-state index in [2.05, 4.69) is 15.3 Å². The predicted molar refractivity (Wildman–Crippen MR) is 89.3 cm³/mol. The first-order valence-electron chi connectivity index (χ1n) is 7.18. The van der Waals surface area contributed by atoms with Gasteiger partial charge in [-0.2, -0.15) is 0 Å². The summed E-state index contributed by atoms with van der Waals surface area (Å²) in [6.45, 7) is 1.25. The molecule has 1 heterocycles. The lowest BCUT2D eigenvalue weighted by Gasteiger charge is -2.05. The Bertz CT molecular complexity index is 843. The summed E-state index contributed by atoms with van der Waals surface area (Å²) in [4.78, 5) is 18.7. The van der Waals surface area contributed by atoms with Gasteiger partial charge in [-0.15, -0.1) is 0 Å². The fraction of sp³-hybridized carbons (Fsp3) is 0.125. The number of hydrogen-bond donors (Lipinski definition) is 4. The zero-order chi connectivity index (χ0) is 16.2. The quantitative estimate of drug-likeness (QED) is 0.575. The molecule has 0 fully saturated rings. The van der Waals surface area contributed by atoms with E-state index in [1.807, 2.05) is 30.3 Å². The van der Waals surface area contributed by atoms with Crippen LogP contribution in [0.2, 0.25) is 0 Å². The Balaban J connectivity index is 1.99. The Morgan fingerprint density at radius 1 is 1.26 bits per heavy atom. The Labute approximate surface area is 132 Å². The van der Waals surface area contributed by atoms with Crippen LogP contribution in [0.5, 0.6) is 5.75 Å². The van der Waals surface area contributed by atoms with Crippen molar-refractivity contribution in [2.45, 2.75) is 0 Å². The maximum absolute atomic E-state index is 11.0. The summed E-state index contributed by atoms with van der Waals surface area (Å²) in [7, 11) is 0. The van der Waals surface area contributed by atoms with Gasteiger partial charge in [0.15, 0.2) is 5.75 Å². The summed E-state index contributed by atoms with van der Waals surface area (Å²) in [5.41, 5.74) is 13.8. The minimum absolute atomic E-state index is 0.329. The topological polar surface area (TPSA) is 119 Å². The van der Waals surface area contributed by atoms with Gasteiger partial charge in [0.05, 0.1) is 5.52 Å². The van der Waals surface area contributed by atoms with Crippen LogP contribution < -0.4 is 21.5 Å². The number of carbonyl (C=O) groups is 1. The molecule has 1 aromatic heterocycles. The summed E-state index contributed by atoms with van der Waals surface area (Å²) in [6, 6.07) is 13.1. The van der Waals surface area contributed by atoms with Gasteiger partial charge in [-0.3, -0.25) is 0 Å². The van der Waals surface area contributed by atoms with Gasteiger partial charge in [0.2, 0.25) is 0 Å². The largest absolute Gasteiger partial charge is 0.410 e. The van der Waals surface area contributed by atoms with Crippen LogP contribution in [-0.4, -0.2) is 29.2 Å². The molecule has 0 unspecified atom stereocenters. The van der Waals surface area contributed by atoms with Gasteiger partial charge in [-0.25, -0.2) is 9.78 Å². The normalized spacial score (nSPS) is 10.7. The first kappa shape index (κ1) is 14.9. The fourth-order valence-electron chi connectivity index (χ4n) is 2.33. The molecular formula is C16H17N5O2. The number of nitrogens with zero attached hydrogens (tertiary/aromatic N) is 1. The fourth-order valence-corrected chi connectivity index (χ4v) is 2.33. The molecule has 0 spiro atoms. The molecule has 0 atom stereocenters. The highest BCUT2D eigenvalue weighted by atomic mass is 16.5. The zero-order valence-corrected chi connectivity index (χ0v) is 12.4. The number of nitrogens with two attached hydrogens (primary N) is 2. The van der Waals surface area contributed by atoms with Gasteiger partial charge in [-0.1, -0.05) is 18.2 Å². The van der Waals surface area contributed by atoms with E-state index in [4.69, 9.17) is 16.2 Å². The second-order valence-electron chi connectivity index (χ2n) is 4.96. The highest BCUT2D eigenvalue weighted by molar-refractivity contribution is 5.87. The Morgan fingerprint density at radius 2 is 2.09 bits per heavy atom. The van der Waals surface area contributed by atoms with E-state index in [1.54, 1.807) is 12.1 Å². The molecule has 7 nitrogen and oxygen atoms in total. The number of benzene rings is 2. The third-order valence-corrected chi connectivity index (χ3v) is 3.30. The van der Waals surface area contributed by atoms with Gasteiger partial charge in [-0.05, 0) is 24.3 Å². The van der Waals surface area contributed by atoms with Crippen LogP contribution in [-0.2, 0) is 0 Å². The van der Waals surface area contributed by atoms with Crippen LogP contribution in [0.25, 0.3) is 22.4 Å². The summed E-state index contributed by atoms with van der Waals surface area (Å²) in [5, 5.41) is 3.22. The highest BCUT2D eigenvalue weighted by Crippen LogP contribution is 2.28. The molecule has 23 heavy (non-hydrogen) atoms. The molecule has 0 saturated heterocycles. The third kappa shape index (κ3) is 3.24. The van der Waals surface area contributed by atoms with E-state index < -0.39 is 6.09 Å². The number of amides is 1. The van der Waals surface area contributed by atoms with Crippen LogP contribution in [0.15, 0.2) is 42.5 Å². The van der Waals surface area contributed by atoms with Crippen molar-refractivity contribution in [2.75, 3.05) is 18.4 Å². The van der Waals surface area contributed by atoms with E-state index in [0.717, 1.165) is 16.8 Å². The Hall–Kier alpha value is -3.06. The molecule has 0 aliphatic rings. The number of fused-ring (bicyclic) bond motifs is 1. The maximum atomic E-state index is 11.0. The van der Waals surface area contributed by atoms with Gasteiger partial charge < -0.3 is 26.5 Å². The lowest BCUT2D eigenvalue weighted by Crippen LogP contribution is -2.16. The van der Waals surface area contributed by atoms with Crippen LogP contribution in [0.1, 0.15) is 0 Å². The predicted octanol–water partition coefficient (Wildman–Crippen LogP) is 2.06. The summed E-state index contributed by atoms with van der Waals surface area (Å²) < 4.78 is 4.98. The Morgan fingerprint density at radius 3 is 2.87 bits per heavy atom. The number of imidazole rings is 1. The Kier molecular flexibility index (Phi) is 4.11. The van der Waals surface area contributed by atoms with Gasteiger partial charge in [0.25, 0.3) is 0 Å². The van der Waals surface area contributed by atoms with E-state index in [-0.39, 0.29) is 0 Å². The van der Waals surface area contributed by atoms with Crippen LogP contribution in [0.3, 0.4) is 0 Å². The monoisotopic (exact) mass is 311 g/mol. The number of rotatable bonds is 5. The van der Waals surface area contributed by atoms with Crippen molar-refractivity contribution in [3.05, 3.63) is 42.5 Å². The lowest BCUT2D eigenvalue weighted by molar-refractivity contribution is 0.211. The second kappa shape index (κ2) is 6.37. The van der Waals surface area contributed by atoms with Crippen molar-refractivity contribution in [1.82, 2.24) is 9.97 Å². The van der Waals surface area contributed by atoms with Gasteiger partial charge in [0, 0.05) is 24.3 Å². The van der Waals surface area contributed by atoms with Crippen molar-refractivity contribution in [3.63, 3.8) is 0 Å². The van der Waals surface area contributed by atoms with Crippen LogP contribution in [0.4, 0.5) is 10.5 Å². The number of hydrogen-bond acceptors (Lipinski definition) is 5. The highest BCUT2D eigenvalue weighted by Gasteiger charge is 2.11. The average Bonchev–Trinajstić information content (AvgIpc) is 2.98. The number of ether oxygens (including phenoxy) is 1.